The van der Waals surface area contributed by atoms with Gasteiger partial charge in [0.2, 0.25) is 0 Å². The van der Waals surface area contributed by atoms with Crippen LogP contribution in [0.15, 0.2) is 0 Å². The summed E-state index contributed by atoms with van der Waals surface area (Å²) in [4.78, 5) is 25.0. The summed E-state index contributed by atoms with van der Waals surface area (Å²) >= 11 is 0. The minimum absolute atomic E-state index is 0.00257. The Morgan fingerprint density at radius 2 is 1.61 bits per heavy atom. The molecular weight excluding hydrogens is 517 g/mol. The molecule has 0 aromatic rings. The summed E-state index contributed by atoms with van der Waals surface area (Å²) in [5, 5.41) is -3.19. The molecule has 3 unspecified atom stereocenters. The SMILES string of the molecule is CC(=O)C12CC3CC(CC(NC(=O)C(F)(F)S(=O)(=O)OC(CC4(C)OCCCO4)C(F)(F)F)(C3)C1)C2. The van der Waals surface area contributed by atoms with Crippen LogP contribution >= 0.6 is 0 Å². The normalized spacial score (nSPS) is 34.9. The highest BCUT2D eigenvalue weighted by Crippen LogP contribution is 2.62. The minimum Gasteiger partial charge on any atom is -0.350 e. The quantitative estimate of drug-likeness (QED) is 0.366. The molecule has 36 heavy (non-hydrogen) atoms. The Morgan fingerprint density at radius 3 is 2.11 bits per heavy atom. The number of carbonyl (C=O) groups excluding carboxylic acids is 2. The van der Waals surface area contributed by atoms with Gasteiger partial charge in [0.1, 0.15) is 5.78 Å². The van der Waals surface area contributed by atoms with Gasteiger partial charge in [0.25, 0.3) is 0 Å². The van der Waals surface area contributed by atoms with Crippen molar-refractivity contribution in [2.45, 2.75) is 94.1 Å². The predicted octanol–water partition coefficient (Wildman–Crippen LogP) is 3.44. The highest BCUT2D eigenvalue weighted by molar-refractivity contribution is 7.88. The molecule has 14 heteroatoms. The molecular formula is C22H30F5NO7S. The lowest BCUT2D eigenvalue weighted by molar-refractivity contribution is -0.288. The van der Waals surface area contributed by atoms with Gasteiger partial charge in [-0.2, -0.15) is 30.4 Å². The van der Waals surface area contributed by atoms with Crippen LogP contribution in [0.2, 0.25) is 0 Å². The molecule has 0 radical (unpaired) electrons. The number of ether oxygens (including phenoxy) is 2. The van der Waals surface area contributed by atoms with Crippen molar-refractivity contribution < 1.29 is 53.6 Å². The van der Waals surface area contributed by atoms with E-state index in [9.17, 15) is 40.0 Å². The van der Waals surface area contributed by atoms with Gasteiger partial charge < -0.3 is 14.8 Å². The third-order valence-electron chi connectivity index (χ3n) is 8.03. The van der Waals surface area contributed by atoms with E-state index in [4.69, 9.17) is 9.47 Å². The lowest BCUT2D eigenvalue weighted by Gasteiger charge is -2.61. The van der Waals surface area contributed by atoms with E-state index < -0.39 is 56.7 Å². The molecule has 8 nitrogen and oxygen atoms in total. The molecule has 5 fully saturated rings. The third-order valence-corrected chi connectivity index (χ3v) is 9.33. The summed E-state index contributed by atoms with van der Waals surface area (Å²) in [6.45, 7) is 2.58. The number of halogens is 5. The number of rotatable bonds is 8. The lowest BCUT2D eigenvalue weighted by atomic mass is 9.46. The van der Waals surface area contributed by atoms with Crippen LogP contribution in [0.5, 0.6) is 0 Å². The van der Waals surface area contributed by atoms with Crippen LogP contribution in [-0.4, -0.2) is 62.2 Å². The highest BCUT2D eigenvalue weighted by atomic mass is 32.2. The fourth-order valence-electron chi connectivity index (χ4n) is 6.80. The average molecular weight is 548 g/mol. The van der Waals surface area contributed by atoms with Gasteiger partial charge in [-0.25, -0.2) is 0 Å². The minimum atomic E-state index is -6.38. The molecule has 4 bridgehead atoms. The van der Waals surface area contributed by atoms with Crippen LogP contribution in [0.4, 0.5) is 22.0 Å². The fraction of sp³-hybridized carbons (Fsp3) is 0.909. The van der Waals surface area contributed by atoms with E-state index in [-0.39, 0.29) is 37.3 Å². The summed E-state index contributed by atoms with van der Waals surface area (Å²) in [7, 11) is -6.38. The second-order valence-electron chi connectivity index (χ2n) is 11.0. The topological polar surface area (TPSA) is 108 Å². The van der Waals surface area contributed by atoms with Crippen molar-refractivity contribution >= 4 is 21.8 Å². The zero-order valence-electron chi connectivity index (χ0n) is 20.0. The number of hydrogen-bond donors (Lipinski definition) is 1. The summed E-state index contributed by atoms with van der Waals surface area (Å²) in [6.07, 6.45) is -6.86. The first-order valence-electron chi connectivity index (χ1n) is 11.9. The summed E-state index contributed by atoms with van der Waals surface area (Å²) < 4.78 is 110. The molecule has 1 N–H and O–H groups in total. The largest absolute Gasteiger partial charge is 0.446 e. The second-order valence-corrected chi connectivity index (χ2v) is 12.6. The Hall–Kier alpha value is -1.38. The molecule has 0 aromatic heterocycles. The fourth-order valence-corrected chi connectivity index (χ4v) is 7.68. The second kappa shape index (κ2) is 8.84. The molecule has 1 saturated heterocycles. The lowest BCUT2D eigenvalue weighted by Crippen LogP contribution is -2.66. The molecule has 3 atom stereocenters. The molecule has 4 saturated carbocycles. The van der Waals surface area contributed by atoms with Crippen LogP contribution in [0.3, 0.4) is 0 Å². The molecule has 5 rings (SSSR count). The van der Waals surface area contributed by atoms with Crippen molar-refractivity contribution in [2.24, 2.45) is 17.3 Å². The van der Waals surface area contributed by atoms with E-state index in [1.807, 2.05) is 0 Å². The summed E-state index contributed by atoms with van der Waals surface area (Å²) in [5.74, 6) is -4.29. The Balaban J connectivity index is 1.52. The monoisotopic (exact) mass is 547 g/mol. The number of nitrogens with one attached hydrogen (secondary N) is 1. The van der Waals surface area contributed by atoms with Crippen molar-refractivity contribution in [3.63, 3.8) is 0 Å². The van der Waals surface area contributed by atoms with Crippen molar-refractivity contribution in [2.75, 3.05) is 13.2 Å². The Morgan fingerprint density at radius 1 is 1.06 bits per heavy atom. The molecule has 5 aliphatic rings. The maximum atomic E-state index is 14.9. The first kappa shape index (κ1) is 27.6. The third kappa shape index (κ3) is 5.02. The molecule has 1 aliphatic heterocycles. The number of Topliss-reactive ketones (excluding diaryl/α,β-unsaturated/α-hetero) is 1. The van der Waals surface area contributed by atoms with Crippen LogP contribution in [-0.2, 0) is 33.4 Å². The van der Waals surface area contributed by atoms with E-state index in [0.717, 1.165) is 13.3 Å². The maximum absolute atomic E-state index is 14.9. The molecule has 4 aliphatic carbocycles. The highest BCUT2D eigenvalue weighted by Gasteiger charge is 2.64. The van der Waals surface area contributed by atoms with Crippen LogP contribution in [0.25, 0.3) is 0 Å². The van der Waals surface area contributed by atoms with E-state index >= 15 is 0 Å². The van der Waals surface area contributed by atoms with Gasteiger partial charge in [0.05, 0.1) is 13.2 Å². The van der Waals surface area contributed by atoms with Crippen molar-refractivity contribution in [3.8, 4) is 0 Å². The van der Waals surface area contributed by atoms with Gasteiger partial charge in [0, 0.05) is 17.4 Å². The van der Waals surface area contributed by atoms with E-state index in [2.05, 4.69) is 9.50 Å². The number of hydrogen-bond acceptors (Lipinski definition) is 7. The summed E-state index contributed by atoms with van der Waals surface area (Å²) in [5.41, 5.74) is -2.01. The number of carbonyl (C=O) groups is 2. The smallest absolute Gasteiger partial charge is 0.350 e. The van der Waals surface area contributed by atoms with Crippen LogP contribution in [0, 0.1) is 17.3 Å². The number of alkyl halides is 5. The van der Waals surface area contributed by atoms with E-state index in [1.54, 1.807) is 0 Å². The van der Waals surface area contributed by atoms with Gasteiger partial charge in [-0.15, -0.1) is 0 Å². The molecule has 0 spiro atoms. The van der Waals surface area contributed by atoms with Gasteiger partial charge in [-0.3, -0.25) is 13.8 Å². The molecule has 1 heterocycles. The van der Waals surface area contributed by atoms with Gasteiger partial charge >= 0.3 is 27.5 Å². The Kier molecular flexibility index (Phi) is 6.79. The number of amides is 1. The van der Waals surface area contributed by atoms with Crippen molar-refractivity contribution in [3.05, 3.63) is 0 Å². The zero-order valence-corrected chi connectivity index (χ0v) is 20.8. The number of ketones is 1. The molecule has 206 valence electrons. The van der Waals surface area contributed by atoms with Gasteiger partial charge in [0.15, 0.2) is 11.9 Å². The van der Waals surface area contributed by atoms with Crippen LogP contribution in [0.1, 0.15) is 65.2 Å². The Labute approximate surface area is 205 Å². The first-order valence-corrected chi connectivity index (χ1v) is 13.3. The maximum Gasteiger partial charge on any atom is 0.446 e. The van der Waals surface area contributed by atoms with E-state index in [1.165, 1.54) is 6.92 Å². The van der Waals surface area contributed by atoms with Crippen molar-refractivity contribution in [1.29, 1.82) is 0 Å². The van der Waals surface area contributed by atoms with Gasteiger partial charge in [-0.05, 0) is 70.6 Å². The van der Waals surface area contributed by atoms with Crippen LogP contribution < -0.4 is 5.32 Å². The van der Waals surface area contributed by atoms with E-state index in [0.29, 0.717) is 32.1 Å². The molecule has 0 aromatic carbocycles. The average Bonchev–Trinajstić information content (AvgIpc) is 2.71. The first-order chi connectivity index (χ1) is 16.4. The molecule has 1 amide bonds. The summed E-state index contributed by atoms with van der Waals surface area (Å²) in [6, 6.07) is 0. The standard InChI is InChI=1S/C22H30F5NO7S/c1-13(29)19-7-14-6-15(8-19)10-20(9-14,12-19)28-17(30)22(26,27)36(31,32)35-16(21(23,24)25)11-18(2)33-4-3-5-34-18/h14-16H,3-12H2,1-2H3,(H,28,30). The van der Waals surface area contributed by atoms with Gasteiger partial charge in [-0.1, -0.05) is 0 Å². The van der Waals surface area contributed by atoms with Crippen molar-refractivity contribution in [1.82, 2.24) is 5.32 Å². The predicted molar refractivity (Wildman–Crippen MR) is 113 cm³/mol. The Bertz CT molecular complexity index is 995. The zero-order chi connectivity index (χ0) is 26.8.